The van der Waals surface area contributed by atoms with Crippen LogP contribution in [0.25, 0.3) is 0 Å². The fraction of sp³-hybridized carbons (Fsp3) is 0.500. The van der Waals surface area contributed by atoms with E-state index in [9.17, 15) is 19.2 Å². The number of fused-ring (bicyclic) bond motifs is 1. The summed E-state index contributed by atoms with van der Waals surface area (Å²) < 4.78 is 64.0. The van der Waals surface area contributed by atoms with Gasteiger partial charge in [0.15, 0.2) is 0 Å². The van der Waals surface area contributed by atoms with E-state index in [1.54, 1.807) is 20.8 Å². The lowest BCUT2D eigenvalue weighted by Gasteiger charge is -2.48. The van der Waals surface area contributed by atoms with Gasteiger partial charge in [0, 0.05) is 41.9 Å². The van der Waals surface area contributed by atoms with Crippen molar-refractivity contribution in [1.29, 1.82) is 0 Å². The zero-order valence-corrected chi connectivity index (χ0v) is 15.9. The van der Waals surface area contributed by atoms with Gasteiger partial charge >= 0.3 is 0 Å². The van der Waals surface area contributed by atoms with Crippen molar-refractivity contribution in [2.75, 3.05) is 13.0 Å². The number of hydrogen-bond donors (Lipinski definition) is 1. The SMILES string of the molecule is [2H]C1([2H])C(c2c(F)cc3c(c2F)C(=O)N(C2CCC(=O)NC2=O)C3=O)C([2H])([2H])N1C(C)(C)C. The van der Waals surface area contributed by atoms with Crippen LogP contribution in [0.4, 0.5) is 8.78 Å². The highest BCUT2D eigenvalue weighted by molar-refractivity contribution is 6.23. The van der Waals surface area contributed by atoms with E-state index < -0.39 is 82.4 Å². The van der Waals surface area contributed by atoms with Crippen LogP contribution in [-0.4, -0.2) is 58.0 Å². The Hall–Kier alpha value is -2.68. The molecule has 0 saturated carbocycles. The molecule has 3 aliphatic rings. The zero-order valence-electron chi connectivity index (χ0n) is 19.9. The maximum Gasteiger partial charge on any atom is 0.265 e. The van der Waals surface area contributed by atoms with E-state index in [1.807, 2.05) is 5.32 Å². The third kappa shape index (κ3) is 2.95. The maximum atomic E-state index is 15.6. The van der Waals surface area contributed by atoms with E-state index in [-0.39, 0.29) is 12.8 Å². The van der Waals surface area contributed by atoms with Gasteiger partial charge in [0.2, 0.25) is 11.8 Å². The smallest absolute Gasteiger partial charge is 0.265 e. The van der Waals surface area contributed by atoms with Crippen molar-refractivity contribution >= 4 is 23.6 Å². The Balaban J connectivity index is 1.80. The fourth-order valence-corrected chi connectivity index (χ4v) is 3.61. The molecule has 154 valence electrons. The first-order chi connectivity index (χ1) is 15.0. The molecular formula is C20H21F2N3O4. The van der Waals surface area contributed by atoms with Gasteiger partial charge in [-0.3, -0.25) is 34.3 Å². The minimum atomic E-state index is -2.51. The van der Waals surface area contributed by atoms with E-state index in [4.69, 9.17) is 5.48 Å². The predicted molar refractivity (Wildman–Crippen MR) is 97.1 cm³/mol. The molecule has 0 spiro atoms. The monoisotopic (exact) mass is 409 g/mol. The molecule has 2 saturated heterocycles. The Bertz CT molecular complexity index is 1120. The first-order valence-corrected chi connectivity index (χ1v) is 9.06. The molecule has 4 rings (SSSR count). The maximum absolute atomic E-state index is 15.6. The van der Waals surface area contributed by atoms with Crippen LogP contribution in [0.1, 0.15) is 71.3 Å². The fourth-order valence-electron chi connectivity index (χ4n) is 3.61. The second-order valence-corrected chi connectivity index (χ2v) is 8.15. The molecule has 0 aliphatic carbocycles. The normalized spacial score (nSPS) is 28.9. The van der Waals surface area contributed by atoms with E-state index in [0.29, 0.717) is 11.0 Å². The summed E-state index contributed by atoms with van der Waals surface area (Å²) in [6, 6.07) is -0.815. The number of benzene rings is 1. The summed E-state index contributed by atoms with van der Waals surface area (Å²) in [4.78, 5) is 50.6. The topological polar surface area (TPSA) is 86.8 Å². The van der Waals surface area contributed by atoms with Gasteiger partial charge in [-0.25, -0.2) is 8.78 Å². The lowest BCUT2D eigenvalue weighted by atomic mass is 9.85. The van der Waals surface area contributed by atoms with Gasteiger partial charge in [0.25, 0.3) is 11.8 Å². The van der Waals surface area contributed by atoms with Crippen molar-refractivity contribution in [2.24, 2.45) is 0 Å². The second kappa shape index (κ2) is 6.41. The van der Waals surface area contributed by atoms with Gasteiger partial charge < -0.3 is 0 Å². The molecule has 0 bridgehead atoms. The first kappa shape index (κ1) is 15.2. The molecule has 1 unspecified atom stereocenters. The predicted octanol–water partition coefficient (Wildman–Crippen LogP) is 1.56. The zero-order chi connectivity index (χ0) is 24.8. The molecule has 2 fully saturated rings. The molecule has 0 aromatic heterocycles. The third-order valence-corrected chi connectivity index (χ3v) is 5.13. The van der Waals surface area contributed by atoms with Crippen LogP contribution in [0.5, 0.6) is 0 Å². The van der Waals surface area contributed by atoms with Crippen LogP contribution >= 0.6 is 0 Å². The minimum absolute atomic E-state index is 0.156. The number of rotatable bonds is 2. The van der Waals surface area contributed by atoms with E-state index in [0.717, 1.165) is 4.90 Å². The molecule has 7 nitrogen and oxygen atoms in total. The number of imide groups is 2. The second-order valence-electron chi connectivity index (χ2n) is 8.15. The largest absolute Gasteiger partial charge is 0.297 e. The molecule has 1 atom stereocenters. The number of carbonyl (C=O) groups excluding carboxylic acids is 4. The van der Waals surface area contributed by atoms with Gasteiger partial charge in [-0.1, -0.05) is 0 Å². The van der Waals surface area contributed by atoms with Crippen LogP contribution in [-0.2, 0) is 9.59 Å². The minimum Gasteiger partial charge on any atom is -0.297 e. The summed E-state index contributed by atoms with van der Waals surface area (Å²) in [6.07, 6.45) is -0.335. The quantitative estimate of drug-likeness (QED) is 0.750. The Morgan fingerprint density at radius 2 is 1.79 bits per heavy atom. The number of halogens is 2. The van der Waals surface area contributed by atoms with Gasteiger partial charge in [0.1, 0.15) is 17.7 Å². The molecule has 3 aliphatic heterocycles. The number of hydrogen-bond acceptors (Lipinski definition) is 5. The van der Waals surface area contributed by atoms with Gasteiger partial charge in [-0.05, 0) is 33.3 Å². The van der Waals surface area contributed by atoms with Crippen molar-refractivity contribution in [3.05, 3.63) is 34.4 Å². The van der Waals surface area contributed by atoms with E-state index >= 15 is 8.78 Å². The number of nitrogens with one attached hydrogen (secondary N) is 1. The average molecular weight is 409 g/mol. The molecule has 1 aromatic carbocycles. The van der Waals surface area contributed by atoms with Gasteiger partial charge in [0.05, 0.1) is 11.1 Å². The molecule has 3 heterocycles. The lowest BCUT2D eigenvalue weighted by molar-refractivity contribution is -0.136. The molecule has 9 heteroatoms. The first-order valence-electron chi connectivity index (χ1n) is 11.1. The van der Waals surface area contributed by atoms with Crippen LogP contribution in [0, 0.1) is 11.6 Å². The summed E-state index contributed by atoms with van der Waals surface area (Å²) in [6.45, 7) is -0.365. The molecule has 0 radical (unpaired) electrons. The highest BCUT2D eigenvalue weighted by Gasteiger charge is 2.48. The highest BCUT2D eigenvalue weighted by Crippen LogP contribution is 2.39. The van der Waals surface area contributed by atoms with Crippen molar-refractivity contribution < 1.29 is 33.4 Å². The molecular weight excluding hydrogens is 384 g/mol. The Morgan fingerprint density at radius 1 is 1.14 bits per heavy atom. The standard InChI is InChI=1S/C20H21F2N3O4/c1-20(2,3)24-7-9(8-24)14-11(21)6-10-15(16(14)22)19(29)25(18(10)28)12-4-5-13(26)23-17(12)27/h6,9,12H,4-5,7-8H2,1-3H3,(H,23,26,27)/i7D2,8D2. The summed E-state index contributed by atoms with van der Waals surface area (Å²) in [7, 11) is 0. The summed E-state index contributed by atoms with van der Waals surface area (Å²) in [5, 5.41) is 1.99. The van der Waals surface area contributed by atoms with Crippen molar-refractivity contribution in [2.45, 2.75) is 51.1 Å². The van der Waals surface area contributed by atoms with Crippen molar-refractivity contribution in [1.82, 2.24) is 15.1 Å². The Kier molecular flexibility index (Phi) is 3.36. The van der Waals surface area contributed by atoms with Crippen LogP contribution < -0.4 is 5.32 Å². The number of likely N-dealkylation sites (tertiary alicyclic amines) is 1. The summed E-state index contributed by atoms with van der Waals surface area (Å²) in [5.41, 5.74) is -3.49. The summed E-state index contributed by atoms with van der Waals surface area (Å²) >= 11 is 0. The third-order valence-electron chi connectivity index (χ3n) is 5.13. The number of carbonyl (C=O) groups is 4. The van der Waals surface area contributed by atoms with Crippen molar-refractivity contribution in [3.8, 4) is 0 Å². The summed E-state index contributed by atoms with van der Waals surface area (Å²) in [5.74, 6) is -8.70. The highest BCUT2D eigenvalue weighted by atomic mass is 19.1. The Morgan fingerprint density at radius 3 is 2.38 bits per heavy atom. The van der Waals surface area contributed by atoms with Crippen molar-refractivity contribution in [3.63, 3.8) is 0 Å². The number of nitrogens with zero attached hydrogens (tertiary/aromatic N) is 2. The number of amides is 4. The van der Waals surface area contributed by atoms with Crippen LogP contribution in [0.15, 0.2) is 6.07 Å². The van der Waals surface area contributed by atoms with E-state index in [1.165, 1.54) is 0 Å². The molecule has 1 aromatic rings. The average Bonchev–Trinajstić information content (AvgIpc) is 2.87. The number of piperidine rings is 1. The molecule has 1 N–H and O–H groups in total. The van der Waals surface area contributed by atoms with Gasteiger partial charge in [-0.2, -0.15) is 0 Å². The molecule has 29 heavy (non-hydrogen) atoms. The van der Waals surface area contributed by atoms with Crippen LogP contribution in [0.3, 0.4) is 0 Å². The van der Waals surface area contributed by atoms with Gasteiger partial charge in [-0.15, -0.1) is 0 Å². The lowest BCUT2D eigenvalue weighted by Crippen LogP contribution is -2.55. The Labute approximate surface area is 171 Å². The van der Waals surface area contributed by atoms with E-state index in [2.05, 4.69) is 0 Å². The molecule has 4 amide bonds. The van der Waals surface area contributed by atoms with Crippen LogP contribution in [0.2, 0.25) is 0 Å².